The number of thioether (sulfide) groups is 1. The maximum Gasteiger partial charge on any atom is 0.266 e. The number of carbonyl (C=O) groups is 4. The van der Waals surface area contributed by atoms with E-state index in [1.165, 1.54) is 0 Å². The molecule has 1 aromatic rings. The van der Waals surface area contributed by atoms with E-state index >= 15 is 0 Å². The molecule has 1 aliphatic rings. The van der Waals surface area contributed by atoms with E-state index in [-0.39, 0.29) is 4.32 Å². The Labute approximate surface area is 164 Å². The first kappa shape index (κ1) is 20.6. The molecular formula is C17H16N3O5S2-. The van der Waals surface area contributed by atoms with Gasteiger partial charge in [-0.1, -0.05) is 53.8 Å². The Bertz CT molecular complexity index is 835. The van der Waals surface area contributed by atoms with Crippen molar-refractivity contribution >= 4 is 58.1 Å². The normalized spacial score (nSPS) is 16.5. The Morgan fingerprint density at radius 2 is 1.96 bits per heavy atom. The van der Waals surface area contributed by atoms with Crippen LogP contribution in [0.2, 0.25) is 0 Å². The van der Waals surface area contributed by atoms with Gasteiger partial charge in [0.1, 0.15) is 10.9 Å². The van der Waals surface area contributed by atoms with Gasteiger partial charge in [0.25, 0.3) is 5.91 Å². The first-order chi connectivity index (χ1) is 12.7. The minimum atomic E-state index is -1.65. The third kappa shape index (κ3) is 5.63. The molecule has 0 saturated carbocycles. The Balaban J connectivity index is 2.06. The van der Waals surface area contributed by atoms with Gasteiger partial charge >= 0.3 is 0 Å². The van der Waals surface area contributed by atoms with Gasteiger partial charge in [0.2, 0.25) is 11.8 Å². The Morgan fingerprint density at radius 3 is 2.52 bits per heavy atom. The number of carboxylic acid groups (broad SMARTS) is 1. The monoisotopic (exact) mass is 406 g/mol. The lowest BCUT2D eigenvalue weighted by molar-refractivity contribution is -0.308. The summed E-state index contributed by atoms with van der Waals surface area (Å²) in [5.74, 6) is -3.80. The number of aryl methyl sites for hydroxylation is 1. The van der Waals surface area contributed by atoms with Crippen LogP contribution in [-0.4, -0.2) is 45.5 Å². The predicted molar refractivity (Wildman–Crippen MR) is 102 cm³/mol. The van der Waals surface area contributed by atoms with E-state index in [1.807, 2.05) is 31.2 Å². The van der Waals surface area contributed by atoms with E-state index in [4.69, 9.17) is 18.0 Å². The number of thiocarbonyl (C=S) groups is 1. The van der Waals surface area contributed by atoms with E-state index < -0.39 is 42.7 Å². The summed E-state index contributed by atoms with van der Waals surface area (Å²) in [7, 11) is 0. The highest BCUT2D eigenvalue weighted by Crippen LogP contribution is 2.32. The van der Waals surface area contributed by atoms with Gasteiger partial charge in [0.05, 0.1) is 23.3 Å². The molecule has 1 aromatic carbocycles. The Hall–Kier alpha value is -2.72. The van der Waals surface area contributed by atoms with E-state index in [0.717, 1.165) is 27.8 Å². The highest BCUT2D eigenvalue weighted by atomic mass is 32.2. The number of nitrogens with two attached hydrogens (primary N) is 1. The number of hydrogen-bond acceptors (Lipinski definition) is 7. The highest BCUT2D eigenvalue weighted by Gasteiger charge is 2.33. The maximum atomic E-state index is 12.5. The molecule has 1 atom stereocenters. The Morgan fingerprint density at radius 1 is 1.33 bits per heavy atom. The predicted octanol–water partition coefficient (Wildman–Crippen LogP) is -0.694. The van der Waals surface area contributed by atoms with Gasteiger partial charge < -0.3 is 21.0 Å². The number of nitrogens with zero attached hydrogens (tertiary/aromatic N) is 1. The van der Waals surface area contributed by atoms with Gasteiger partial charge in [-0.2, -0.15) is 0 Å². The van der Waals surface area contributed by atoms with Crippen LogP contribution in [0.3, 0.4) is 0 Å². The molecule has 1 aliphatic heterocycles. The van der Waals surface area contributed by atoms with Crippen LogP contribution in [0.15, 0.2) is 29.2 Å². The van der Waals surface area contributed by atoms with Crippen molar-refractivity contribution < 1.29 is 24.3 Å². The maximum absolute atomic E-state index is 12.5. The lowest BCUT2D eigenvalue weighted by atomic mass is 10.1. The third-order valence-corrected chi connectivity index (χ3v) is 4.95. The van der Waals surface area contributed by atoms with Crippen molar-refractivity contribution in [1.29, 1.82) is 0 Å². The lowest BCUT2D eigenvalue weighted by Crippen LogP contribution is -2.52. The van der Waals surface area contributed by atoms with Crippen molar-refractivity contribution in [3.63, 3.8) is 0 Å². The third-order valence-electron chi connectivity index (χ3n) is 3.58. The number of hydrogen-bond donors (Lipinski definition) is 2. The average molecular weight is 406 g/mol. The van der Waals surface area contributed by atoms with E-state index in [0.29, 0.717) is 4.91 Å². The molecule has 1 saturated heterocycles. The molecule has 27 heavy (non-hydrogen) atoms. The molecule has 3 amide bonds. The summed E-state index contributed by atoms with van der Waals surface area (Å²) in [6.07, 6.45) is 1.05. The molecule has 10 heteroatoms. The molecule has 0 aromatic heterocycles. The standard InChI is InChI=1S/C17H17N3O5S2/c1-9-2-4-10(5-3-9)6-12-15(23)20(17(26)27-12)8-14(22)19-11(16(24)25)7-13(18)21/h2-6,11H,7-8H2,1H3,(H2,18,21)(H,19,22)(H,24,25)/p-1/b12-6+/t11-/m1/s1. The molecule has 0 aliphatic carbocycles. The van der Waals surface area contributed by atoms with Gasteiger partial charge in [-0.05, 0) is 18.6 Å². The van der Waals surface area contributed by atoms with Gasteiger partial charge in [-0.25, -0.2) is 0 Å². The number of rotatable bonds is 7. The molecule has 142 valence electrons. The molecule has 1 heterocycles. The van der Waals surface area contributed by atoms with Crippen LogP contribution < -0.4 is 16.2 Å². The lowest BCUT2D eigenvalue weighted by Gasteiger charge is -2.20. The minimum absolute atomic E-state index is 0.174. The van der Waals surface area contributed by atoms with Crippen LogP contribution in [-0.2, 0) is 19.2 Å². The molecule has 2 rings (SSSR count). The largest absolute Gasteiger partial charge is 0.548 e. The van der Waals surface area contributed by atoms with Crippen LogP contribution >= 0.6 is 24.0 Å². The first-order valence-corrected chi connectivity index (χ1v) is 9.00. The summed E-state index contributed by atoms with van der Waals surface area (Å²) in [6.45, 7) is 1.47. The topological polar surface area (TPSA) is 133 Å². The SMILES string of the molecule is Cc1ccc(/C=C2/SC(=S)N(CC(=O)N[C@H](CC(N)=O)C(=O)[O-])C2=O)cc1. The van der Waals surface area contributed by atoms with Crippen LogP contribution in [0.1, 0.15) is 17.5 Å². The summed E-state index contributed by atoms with van der Waals surface area (Å²) in [4.78, 5) is 47.8. The van der Waals surface area contributed by atoms with E-state index in [1.54, 1.807) is 6.08 Å². The number of carbonyl (C=O) groups excluding carboxylic acids is 4. The van der Waals surface area contributed by atoms with Crippen molar-refractivity contribution in [2.45, 2.75) is 19.4 Å². The minimum Gasteiger partial charge on any atom is -0.548 e. The number of carboxylic acids is 1. The van der Waals surface area contributed by atoms with E-state index in [9.17, 15) is 24.3 Å². The van der Waals surface area contributed by atoms with Gasteiger partial charge in [-0.15, -0.1) is 0 Å². The zero-order valence-electron chi connectivity index (χ0n) is 14.3. The highest BCUT2D eigenvalue weighted by molar-refractivity contribution is 8.26. The smallest absolute Gasteiger partial charge is 0.266 e. The average Bonchev–Trinajstić information content (AvgIpc) is 2.83. The van der Waals surface area contributed by atoms with Crippen LogP contribution in [0.4, 0.5) is 0 Å². The van der Waals surface area contributed by atoms with Crippen molar-refractivity contribution in [3.05, 3.63) is 40.3 Å². The van der Waals surface area contributed by atoms with Crippen molar-refractivity contribution in [2.75, 3.05) is 6.54 Å². The number of aliphatic carboxylic acids is 1. The molecule has 0 radical (unpaired) electrons. The zero-order chi connectivity index (χ0) is 20.1. The van der Waals surface area contributed by atoms with Crippen LogP contribution in [0.25, 0.3) is 6.08 Å². The van der Waals surface area contributed by atoms with Crippen LogP contribution in [0, 0.1) is 6.92 Å². The summed E-state index contributed by atoms with van der Waals surface area (Å²) in [6, 6.07) is 5.93. The van der Waals surface area contributed by atoms with Crippen LogP contribution in [0.5, 0.6) is 0 Å². The summed E-state index contributed by atoms with van der Waals surface area (Å²) in [5, 5.41) is 13.1. The van der Waals surface area contributed by atoms with Crippen molar-refractivity contribution in [2.24, 2.45) is 5.73 Å². The summed E-state index contributed by atoms with van der Waals surface area (Å²) < 4.78 is 0.174. The molecule has 0 spiro atoms. The molecule has 0 bridgehead atoms. The second-order valence-electron chi connectivity index (χ2n) is 5.79. The molecule has 3 N–H and O–H groups in total. The number of nitrogens with one attached hydrogen (secondary N) is 1. The molecule has 0 unspecified atom stereocenters. The van der Waals surface area contributed by atoms with Crippen molar-refractivity contribution in [3.8, 4) is 0 Å². The second kappa shape index (κ2) is 8.78. The first-order valence-electron chi connectivity index (χ1n) is 7.78. The second-order valence-corrected chi connectivity index (χ2v) is 7.46. The fraction of sp³-hybridized carbons (Fsp3) is 0.235. The number of primary amides is 1. The number of benzene rings is 1. The quantitative estimate of drug-likeness (QED) is 0.452. The summed E-state index contributed by atoms with van der Waals surface area (Å²) >= 11 is 6.17. The van der Waals surface area contributed by atoms with Crippen molar-refractivity contribution in [1.82, 2.24) is 10.2 Å². The number of amides is 3. The van der Waals surface area contributed by atoms with Gasteiger partial charge in [0, 0.05) is 0 Å². The summed E-state index contributed by atoms with van der Waals surface area (Å²) in [5.41, 5.74) is 6.83. The van der Waals surface area contributed by atoms with Gasteiger partial charge in [0.15, 0.2) is 0 Å². The molecule has 8 nitrogen and oxygen atoms in total. The fourth-order valence-corrected chi connectivity index (χ4v) is 3.48. The Kier molecular flexibility index (Phi) is 6.70. The molecule has 1 fully saturated rings. The van der Waals surface area contributed by atoms with E-state index in [2.05, 4.69) is 5.32 Å². The molecular weight excluding hydrogens is 390 g/mol. The van der Waals surface area contributed by atoms with Gasteiger partial charge in [-0.3, -0.25) is 19.3 Å². The fourth-order valence-electron chi connectivity index (χ4n) is 2.23. The zero-order valence-corrected chi connectivity index (χ0v) is 15.9.